The van der Waals surface area contributed by atoms with Gasteiger partial charge >= 0.3 is 0 Å². The molecule has 0 heterocycles. The second-order valence-electron chi connectivity index (χ2n) is 3.64. The van der Waals surface area contributed by atoms with Crippen LogP contribution in [0.5, 0.6) is 0 Å². The van der Waals surface area contributed by atoms with Crippen molar-refractivity contribution in [3.8, 4) is 0 Å². The molecule has 72 valence electrons. The van der Waals surface area contributed by atoms with Gasteiger partial charge in [-0.1, -0.05) is 20.4 Å². The molecule has 0 bridgehead atoms. The fourth-order valence-electron chi connectivity index (χ4n) is 1.24. The van der Waals surface area contributed by atoms with Gasteiger partial charge in [-0.3, -0.25) is 0 Å². The minimum absolute atomic E-state index is 0.215. The predicted molar refractivity (Wildman–Crippen MR) is 53.0 cm³/mol. The lowest BCUT2D eigenvalue weighted by atomic mass is 10.0. The Morgan fingerprint density at radius 3 is 2.00 bits per heavy atom. The number of rotatable bonds is 5. The highest BCUT2D eigenvalue weighted by atomic mass is 16.5. The Labute approximate surface area is 76.0 Å². The minimum Gasteiger partial charge on any atom is -0.494 e. The van der Waals surface area contributed by atoms with E-state index in [0.29, 0.717) is 5.92 Å². The number of hydrogen-bond acceptors (Lipinski definition) is 2. The van der Waals surface area contributed by atoms with Gasteiger partial charge < -0.3 is 10.1 Å². The Kier molecular flexibility index (Phi) is 4.98. The van der Waals surface area contributed by atoms with Crippen molar-refractivity contribution in [3.05, 3.63) is 12.3 Å². The van der Waals surface area contributed by atoms with Crippen LogP contribution in [0.4, 0.5) is 0 Å². The average molecular weight is 171 g/mol. The van der Waals surface area contributed by atoms with E-state index in [9.17, 15) is 0 Å². The van der Waals surface area contributed by atoms with E-state index in [1.807, 2.05) is 20.9 Å². The molecule has 0 aliphatic heterocycles. The first-order valence-corrected chi connectivity index (χ1v) is 4.51. The summed E-state index contributed by atoms with van der Waals surface area (Å²) in [6, 6.07) is 0.257. The van der Waals surface area contributed by atoms with Crippen LogP contribution in [0.25, 0.3) is 0 Å². The molecule has 0 aromatic carbocycles. The highest BCUT2D eigenvalue weighted by Crippen LogP contribution is 2.12. The van der Waals surface area contributed by atoms with Crippen molar-refractivity contribution in [2.24, 2.45) is 5.92 Å². The molecule has 1 atom stereocenters. The standard InChI is InChI=1S/C10H21NO/c1-7(2)10(11-6)9(5)12-8(3)4/h7-8,10-11H,5H2,1-4,6H3. The number of ether oxygens (including phenoxy) is 1. The van der Waals surface area contributed by atoms with Gasteiger partial charge in [0.15, 0.2) is 0 Å². The molecule has 2 heteroatoms. The van der Waals surface area contributed by atoms with Gasteiger partial charge in [-0.2, -0.15) is 0 Å². The van der Waals surface area contributed by atoms with Crippen molar-refractivity contribution in [1.82, 2.24) is 5.32 Å². The van der Waals surface area contributed by atoms with Crippen LogP contribution in [0.3, 0.4) is 0 Å². The van der Waals surface area contributed by atoms with Gasteiger partial charge in [0.05, 0.1) is 12.1 Å². The van der Waals surface area contributed by atoms with Crippen LogP contribution in [-0.4, -0.2) is 19.2 Å². The first kappa shape index (κ1) is 11.5. The van der Waals surface area contributed by atoms with Crippen molar-refractivity contribution < 1.29 is 4.74 Å². The van der Waals surface area contributed by atoms with Gasteiger partial charge in [0.1, 0.15) is 5.76 Å². The monoisotopic (exact) mass is 171 g/mol. The van der Waals surface area contributed by atoms with Crippen LogP contribution >= 0.6 is 0 Å². The van der Waals surface area contributed by atoms with E-state index >= 15 is 0 Å². The normalized spacial score (nSPS) is 13.6. The summed E-state index contributed by atoms with van der Waals surface area (Å²) in [6.07, 6.45) is 0.215. The summed E-state index contributed by atoms with van der Waals surface area (Å²) in [5, 5.41) is 3.18. The van der Waals surface area contributed by atoms with E-state index in [1.165, 1.54) is 0 Å². The quantitative estimate of drug-likeness (QED) is 0.640. The molecule has 0 aliphatic carbocycles. The summed E-state index contributed by atoms with van der Waals surface area (Å²) in [5.74, 6) is 1.35. The maximum Gasteiger partial charge on any atom is 0.106 e. The number of likely N-dealkylation sites (N-methyl/N-ethyl adjacent to an activating group) is 1. The highest BCUT2D eigenvalue weighted by molar-refractivity contribution is 4.98. The van der Waals surface area contributed by atoms with E-state index in [-0.39, 0.29) is 12.1 Å². The summed E-state index contributed by atoms with van der Waals surface area (Å²) >= 11 is 0. The molecule has 0 aromatic heterocycles. The first-order valence-electron chi connectivity index (χ1n) is 4.51. The molecule has 0 rings (SSSR count). The van der Waals surface area contributed by atoms with E-state index in [0.717, 1.165) is 5.76 Å². The summed E-state index contributed by atoms with van der Waals surface area (Å²) in [6.45, 7) is 12.2. The molecule has 12 heavy (non-hydrogen) atoms. The van der Waals surface area contributed by atoms with Gasteiger partial charge in [-0.05, 0) is 26.8 Å². The molecule has 2 nitrogen and oxygen atoms in total. The molecule has 1 N–H and O–H groups in total. The van der Waals surface area contributed by atoms with Crippen molar-refractivity contribution in [1.29, 1.82) is 0 Å². The zero-order valence-corrected chi connectivity index (χ0v) is 8.85. The Balaban J connectivity index is 4.04. The van der Waals surface area contributed by atoms with Crippen LogP contribution in [0.15, 0.2) is 12.3 Å². The maximum absolute atomic E-state index is 5.51. The number of hydrogen-bond donors (Lipinski definition) is 1. The summed E-state index contributed by atoms with van der Waals surface area (Å²) < 4.78 is 5.51. The largest absolute Gasteiger partial charge is 0.494 e. The maximum atomic E-state index is 5.51. The zero-order chi connectivity index (χ0) is 9.72. The van der Waals surface area contributed by atoms with Crippen molar-refractivity contribution >= 4 is 0 Å². The third kappa shape index (κ3) is 3.77. The lowest BCUT2D eigenvalue weighted by Crippen LogP contribution is -2.34. The molecule has 0 amide bonds. The number of nitrogens with one attached hydrogen (secondary N) is 1. The average Bonchev–Trinajstić information content (AvgIpc) is 1.85. The third-order valence-electron chi connectivity index (χ3n) is 1.71. The topological polar surface area (TPSA) is 21.3 Å². The van der Waals surface area contributed by atoms with Gasteiger partial charge in [-0.15, -0.1) is 0 Å². The molecule has 0 aliphatic rings. The fourth-order valence-corrected chi connectivity index (χ4v) is 1.24. The molecule has 0 saturated carbocycles. The Morgan fingerprint density at radius 2 is 1.75 bits per heavy atom. The Bertz CT molecular complexity index is 141. The molecule has 0 spiro atoms. The third-order valence-corrected chi connectivity index (χ3v) is 1.71. The zero-order valence-electron chi connectivity index (χ0n) is 8.85. The Morgan fingerprint density at radius 1 is 1.25 bits per heavy atom. The first-order chi connectivity index (χ1) is 5.49. The van der Waals surface area contributed by atoms with Crippen molar-refractivity contribution in [2.75, 3.05) is 7.05 Å². The van der Waals surface area contributed by atoms with Crippen LogP contribution < -0.4 is 5.32 Å². The summed E-state index contributed by atoms with van der Waals surface area (Å²) in [7, 11) is 1.93. The van der Waals surface area contributed by atoms with E-state index in [4.69, 9.17) is 4.74 Å². The lowest BCUT2D eigenvalue weighted by molar-refractivity contribution is 0.121. The molecule has 0 saturated heterocycles. The second kappa shape index (κ2) is 5.20. The van der Waals surface area contributed by atoms with Gasteiger partial charge in [0.25, 0.3) is 0 Å². The minimum atomic E-state index is 0.215. The van der Waals surface area contributed by atoms with Crippen LogP contribution in [0.1, 0.15) is 27.7 Å². The molecular weight excluding hydrogens is 150 g/mol. The van der Waals surface area contributed by atoms with Gasteiger partial charge in [0.2, 0.25) is 0 Å². The van der Waals surface area contributed by atoms with E-state index in [2.05, 4.69) is 25.7 Å². The van der Waals surface area contributed by atoms with Gasteiger partial charge in [-0.25, -0.2) is 0 Å². The van der Waals surface area contributed by atoms with Crippen molar-refractivity contribution in [2.45, 2.75) is 39.8 Å². The van der Waals surface area contributed by atoms with Gasteiger partial charge in [0, 0.05) is 0 Å². The van der Waals surface area contributed by atoms with Crippen LogP contribution in [0, 0.1) is 5.92 Å². The molecule has 0 fully saturated rings. The summed E-state index contributed by atoms with van der Waals surface area (Å²) in [4.78, 5) is 0. The molecular formula is C10H21NO. The lowest BCUT2D eigenvalue weighted by Gasteiger charge is -2.24. The van der Waals surface area contributed by atoms with E-state index < -0.39 is 0 Å². The fraction of sp³-hybridized carbons (Fsp3) is 0.800. The van der Waals surface area contributed by atoms with Crippen LogP contribution in [-0.2, 0) is 4.74 Å². The highest BCUT2D eigenvalue weighted by Gasteiger charge is 2.16. The second-order valence-corrected chi connectivity index (χ2v) is 3.64. The predicted octanol–water partition coefficient (Wildman–Crippen LogP) is 2.17. The summed E-state index contributed by atoms with van der Waals surface area (Å²) in [5.41, 5.74) is 0. The molecule has 1 unspecified atom stereocenters. The Hall–Kier alpha value is -0.500. The van der Waals surface area contributed by atoms with E-state index in [1.54, 1.807) is 0 Å². The van der Waals surface area contributed by atoms with Crippen LogP contribution in [0.2, 0.25) is 0 Å². The molecule has 0 aromatic rings. The SMILES string of the molecule is C=C(OC(C)C)C(NC)C(C)C. The molecule has 0 radical (unpaired) electrons. The van der Waals surface area contributed by atoms with Crippen molar-refractivity contribution in [3.63, 3.8) is 0 Å². The smallest absolute Gasteiger partial charge is 0.106 e.